The number of piperazine rings is 1. The minimum Gasteiger partial charge on any atom is -0.508 e. The number of anilines is 2. The molecule has 0 bridgehead atoms. The van der Waals surface area contributed by atoms with Crippen molar-refractivity contribution in [3.05, 3.63) is 34.3 Å². The maximum absolute atomic E-state index is 11.6. The number of halogens is 1. The van der Waals surface area contributed by atoms with Gasteiger partial charge in [-0.2, -0.15) is 0 Å². The van der Waals surface area contributed by atoms with E-state index in [1.54, 1.807) is 12.1 Å². The topological polar surface area (TPSA) is 65.9 Å². The molecule has 1 N–H and O–H groups in total. The van der Waals surface area contributed by atoms with Crippen LogP contribution in [0.1, 0.15) is 9.67 Å². The van der Waals surface area contributed by atoms with Crippen LogP contribution in [-0.4, -0.2) is 49.3 Å². The molecule has 0 aliphatic carbocycles. The Labute approximate surface area is 142 Å². The molecule has 1 aromatic carbocycles. The Hall–Kier alpha value is -1.99. The third-order valence-electron chi connectivity index (χ3n) is 3.69. The zero-order chi connectivity index (χ0) is 16.4. The highest BCUT2D eigenvalue weighted by molar-refractivity contribution is 7.18. The van der Waals surface area contributed by atoms with Crippen LogP contribution in [0, 0.1) is 0 Å². The number of benzene rings is 1. The van der Waals surface area contributed by atoms with E-state index in [9.17, 15) is 9.90 Å². The fraction of sp³-hybridized carbons (Fsp3) is 0.333. The van der Waals surface area contributed by atoms with E-state index < -0.39 is 5.97 Å². The Morgan fingerprint density at radius 2 is 2.00 bits per heavy atom. The molecule has 0 spiro atoms. The number of methoxy groups -OCH3 is 1. The molecule has 23 heavy (non-hydrogen) atoms. The molecule has 122 valence electrons. The maximum atomic E-state index is 11.6. The monoisotopic (exact) mass is 353 g/mol. The number of hydrogen-bond donors (Lipinski definition) is 1. The van der Waals surface area contributed by atoms with Gasteiger partial charge in [-0.1, -0.05) is 29.0 Å². The molecule has 0 unspecified atom stereocenters. The van der Waals surface area contributed by atoms with Gasteiger partial charge in [-0.25, -0.2) is 9.78 Å². The number of rotatable bonds is 3. The first-order valence-electron chi connectivity index (χ1n) is 7.12. The van der Waals surface area contributed by atoms with Gasteiger partial charge in [-0.15, -0.1) is 0 Å². The summed E-state index contributed by atoms with van der Waals surface area (Å²) in [6.45, 7) is 3.13. The predicted molar refractivity (Wildman–Crippen MR) is 91.0 cm³/mol. The highest BCUT2D eigenvalue weighted by atomic mass is 35.5. The molecule has 1 saturated heterocycles. The number of esters is 1. The van der Waals surface area contributed by atoms with Crippen molar-refractivity contribution in [1.29, 1.82) is 0 Å². The lowest BCUT2D eigenvalue weighted by molar-refractivity contribution is 0.0606. The van der Waals surface area contributed by atoms with Crippen molar-refractivity contribution in [3.8, 4) is 5.75 Å². The van der Waals surface area contributed by atoms with Crippen LogP contribution in [0.4, 0.5) is 10.8 Å². The van der Waals surface area contributed by atoms with Crippen molar-refractivity contribution in [3.63, 3.8) is 0 Å². The molecule has 6 nitrogen and oxygen atoms in total. The van der Waals surface area contributed by atoms with Gasteiger partial charge in [0.15, 0.2) is 15.2 Å². The van der Waals surface area contributed by atoms with E-state index in [1.807, 2.05) is 12.1 Å². The van der Waals surface area contributed by atoms with Crippen LogP contribution in [-0.2, 0) is 4.74 Å². The van der Waals surface area contributed by atoms with Crippen molar-refractivity contribution in [2.75, 3.05) is 43.1 Å². The molecule has 0 amide bonds. The lowest BCUT2D eigenvalue weighted by Crippen LogP contribution is -2.46. The first kappa shape index (κ1) is 15.9. The van der Waals surface area contributed by atoms with E-state index in [-0.39, 0.29) is 10.9 Å². The number of phenolic OH excluding ortho intramolecular Hbond substituents is 1. The summed E-state index contributed by atoms with van der Waals surface area (Å²) < 4.78 is 4.70. The molecule has 0 saturated carbocycles. The number of ether oxygens (including phenoxy) is 1. The average Bonchev–Trinajstić information content (AvgIpc) is 2.96. The second kappa shape index (κ2) is 6.64. The van der Waals surface area contributed by atoms with E-state index in [1.165, 1.54) is 18.4 Å². The molecule has 8 heteroatoms. The van der Waals surface area contributed by atoms with Crippen LogP contribution in [0.2, 0.25) is 5.15 Å². The Morgan fingerprint density at radius 3 is 2.65 bits per heavy atom. The second-order valence-electron chi connectivity index (χ2n) is 5.10. The molecule has 1 aliphatic rings. The predicted octanol–water partition coefficient (Wildman–Crippen LogP) is 2.62. The summed E-state index contributed by atoms with van der Waals surface area (Å²) in [5.41, 5.74) is 0.997. The second-order valence-corrected chi connectivity index (χ2v) is 6.44. The fourth-order valence-corrected chi connectivity index (χ4v) is 3.74. The number of carbonyl (C=O) groups excluding carboxylic acids is 1. The van der Waals surface area contributed by atoms with E-state index >= 15 is 0 Å². The van der Waals surface area contributed by atoms with E-state index in [4.69, 9.17) is 16.3 Å². The van der Waals surface area contributed by atoms with Gasteiger partial charge >= 0.3 is 5.97 Å². The highest BCUT2D eigenvalue weighted by Crippen LogP contribution is 2.31. The summed E-state index contributed by atoms with van der Waals surface area (Å²) in [4.78, 5) is 20.5. The van der Waals surface area contributed by atoms with E-state index in [0.717, 1.165) is 37.0 Å². The SMILES string of the molecule is COC(=O)c1sc(N2CCN(c3cccc(O)c3)CC2)nc1Cl. The van der Waals surface area contributed by atoms with Gasteiger partial charge in [0.1, 0.15) is 5.75 Å². The number of aromatic hydroxyl groups is 1. The Bertz CT molecular complexity index is 714. The largest absolute Gasteiger partial charge is 0.508 e. The van der Waals surface area contributed by atoms with Crippen LogP contribution >= 0.6 is 22.9 Å². The number of carbonyl (C=O) groups is 1. The fourth-order valence-electron chi connectivity index (χ4n) is 2.49. The first-order valence-corrected chi connectivity index (χ1v) is 8.31. The molecule has 0 atom stereocenters. The molecule has 3 rings (SSSR count). The summed E-state index contributed by atoms with van der Waals surface area (Å²) in [5.74, 6) is -0.198. The van der Waals surface area contributed by atoms with Crippen LogP contribution < -0.4 is 9.80 Å². The normalized spacial score (nSPS) is 14.9. The quantitative estimate of drug-likeness (QED) is 0.856. The van der Waals surface area contributed by atoms with E-state index in [2.05, 4.69) is 14.8 Å². The van der Waals surface area contributed by atoms with Crippen LogP contribution in [0.15, 0.2) is 24.3 Å². The molecule has 1 aromatic heterocycles. The number of thiazole rings is 1. The van der Waals surface area contributed by atoms with Crippen LogP contribution in [0.3, 0.4) is 0 Å². The molecule has 1 aliphatic heterocycles. The highest BCUT2D eigenvalue weighted by Gasteiger charge is 2.24. The van der Waals surface area contributed by atoms with Crippen molar-refractivity contribution in [2.24, 2.45) is 0 Å². The average molecular weight is 354 g/mol. The summed E-state index contributed by atoms with van der Waals surface area (Å²) >= 11 is 7.26. The van der Waals surface area contributed by atoms with Gasteiger partial charge in [-0.05, 0) is 12.1 Å². The smallest absolute Gasteiger partial charge is 0.351 e. The van der Waals surface area contributed by atoms with Crippen molar-refractivity contribution in [1.82, 2.24) is 4.98 Å². The lowest BCUT2D eigenvalue weighted by atomic mass is 10.2. The first-order chi connectivity index (χ1) is 11.1. The summed E-state index contributed by atoms with van der Waals surface area (Å²) in [6.07, 6.45) is 0. The van der Waals surface area contributed by atoms with Crippen LogP contribution in [0.5, 0.6) is 5.75 Å². The zero-order valence-corrected chi connectivity index (χ0v) is 14.1. The number of phenols is 1. The zero-order valence-electron chi connectivity index (χ0n) is 12.5. The maximum Gasteiger partial charge on any atom is 0.351 e. The third-order valence-corrected chi connectivity index (χ3v) is 5.17. The number of aromatic nitrogens is 1. The molecule has 2 heterocycles. The van der Waals surface area contributed by atoms with Crippen molar-refractivity contribution >= 4 is 39.7 Å². The van der Waals surface area contributed by atoms with E-state index in [0.29, 0.717) is 4.88 Å². The third kappa shape index (κ3) is 3.35. The molecule has 1 fully saturated rings. The van der Waals surface area contributed by atoms with Gasteiger partial charge in [0.25, 0.3) is 0 Å². The molecule has 0 radical (unpaired) electrons. The minimum atomic E-state index is -0.461. The Morgan fingerprint density at radius 1 is 1.30 bits per heavy atom. The summed E-state index contributed by atoms with van der Waals surface area (Å²) in [5, 5.41) is 10.5. The summed E-state index contributed by atoms with van der Waals surface area (Å²) in [7, 11) is 1.33. The summed E-state index contributed by atoms with van der Waals surface area (Å²) in [6, 6.07) is 7.22. The number of hydrogen-bond acceptors (Lipinski definition) is 7. The van der Waals surface area contributed by atoms with Gasteiger partial charge < -0.3 is 19.6 Å². The Balaban J connectivity index is 1.68. The van der Waals surface area contributed by atoms with Gasteiger partial charge in [0.2, 0.25) is 0 Å². The standard InChI is InChI=1S/C15H16ClN3O3S/c1-22-14(21)12-13(16)17-15(23-12)19-7-5-18(6-8-19)10-3-2-4-11(20)9-10/h2-4,9,20H,5-8H2,1H3. The van der Waals surface area contributed by atoms with Crippen LogP contribution in [0.25, 0.3) is 0 Å². The Kier molecular flexibility index (Phi) is 4.58. The number of nitrogens with zero attached hydrogens (tertiary/aromatic N) is 3. The molecular formula is C15H16ClN3O3S. The molecule has 2 aromatic rings. The lowest BCUT2D eigenvalue weighted by Gasteiger charge is -2.36. The van der Waals surface area contributed by atoms with Gasteiger partial charge in [0, 0.05) is 37.9 Å². The van der Waals surface area contributed by atoms with Gasteiger partial charge in [0.05, 0.1) is 7.11 Å². The minimum absolute atomic E-state index is 0.187. The molecular weight excluding hydrogens is 338 g/mol. The van der Waals surface area contributed by atoms with Gasteiger partial charge in [-0.3, -0.25) is 0 Å². The van der Waals surface area contributed by atoms with Crippen molar-refractivity contribution in [2.45, 2.75) is 0 Å². The van der Waals surface area contributed by atoms with Crippen molar-refractivity contribution < 1.29 is 14.6 Å².